The molecular formula is C21H23N3O5. The summed E-state index contributed by atoms with van der Waals surface area (Å²) >= 11 is 0. The molecule has 1 atom stereocenters. The van der Waals surface area contributed by atoms with Crippen molar-refractivity contribution in [3.63, 3.8) is 0 Å². The van der Waals surface area contributed by atoms with E-state index in [1.807, 2.05) is 7.05 Å². The zero-order valence-corrected chi connectivity index (χ0v) is 16.2. The molecule has 152 valence electrons. The van der Waals surface area contributed by atoms with Crippen molar-refractivity contribution >= 4 is 16.8 Å². The molecule has 1 aliphatic heterocycles. The molecule has 8 heteroatoms. The normalized spacial score (nSPS) is 16.2. The number of nitrogens with two attached hydrogens (primary N) is 1. The number of nitrogens with zero attached hydrogens (tertiary/aromatic N) is 2. The molecule has 3 aromatic rings. The van der Waals surface area contributed by atoms with Gasteiger partial charge >= 0.3 is 0 Å². The van der Waals surface area contributed by atoms with Gasteiger partial charge in [-0.1, -0.05) is 0 Å². The highest BCUT2D eigenvalue weighted by Gasteiger charge is 2.16. The van der Waals surface area contributed by atoms with E-state index in [0.717, 1.165) is 23.9 Å². The van der Waals surface area contributed by atoms with Crippen molar-refractivity contribution in [3.8, 4) is 17.2 Å². The fraction of sp³-hybridized carbons (Fsp3) is 0.333. The molecule has 0 radical (unpaired) electrons. The average molecular weight is 397 g/mol. The van der Waals surface area contributed by atoms with E-state index in [-0.39, 0.29) is 6.10 Å². The molecule has 0 aliphatic carbocycles. The van der Waals surface area contributed by atoms with Crippen molar-refractivity contribution in [1.82, 2.24) is 9.78 Å². The Bertz CT molecular complexity index is 993. The molecule has 8 nitrogen and oxygen atoms in total. The standard InChI is InChI=1S/C21H23N3O5/c1-24-19-11-20(18(21(22)25)10-14(19)12-23-24)29-16-4-2-15(3-5-16)27-8-9-28-17-6-7-26-13-17/h2-5,10-12,17H,6-9,13H2,1H3,(H2,22,25). The van der Waals surface area contributed by atoms with E-state index in [1.54, 1.807) is 47.3 Å². The minimum Gasteiger partial charge on any atom is -0.491 e. The van der Waals surface area contributed by atoms with Gasteiger partial charge in [-0.25, -0.2) is 0 Å². The van der Waals surface area contributed by atoms with Crippen LogP contribution in [0.15, 0.2) is 42.6 Å². The minimum absolute atomic E-state index is 0.172. The van der Waals surface area contributed by atoms with Crippen LogP contribution < -0.4 is 15.2 Å². The molecule has 0 bridgehead atoms. The summed E-state index contributed by atoms with van der Waals surface area (Å²) in [6.45, 7) is 2.39. The summed E-state index contributed by atoms with van der Waals surface area (Å²) in [5, 5.41) is 5.01. The quantitative estimate of drug-likeness (QED) is 0.587. The zero-order chi connectivity index (χ0) is 20.2. The van der Waals surface area contributed by atoms with Gasteiger partial charge in [0.2, 0.25) is 0 Å². The number of fused-ring (bicyclic) bond motifs is 1. The highest BCUT2D eigenvalue weighted by molar-refractivity contribution is 6.00. The van der Waals surface area contributed by atoms with Gasteiger partial charge in [-0.2, -0.15) is 5.10 Å². The lowest BCUT2D eigenvalue weighted by atomic mass is 10.1. The second-order valence-corrected chi connectivity index (χ2v) is 6.82. The highest BCUT2D eigenvalue weighted by atomic mass is 16.6. The van der Waals surface area contributed by atoms with Gasteiger partial charge in [0.25, 0.3) is 5.91 Å². The summed E-state index contributed by atoms with van der Waals surface area (Å²) in [4.78, 5) is 11.8. The molecular weight excluding hydrogens is 374 g/mol. The van der Waals surface area contributed by atoms with Crippen LogP contribution >= 0.6 is 0 Å². The maximum absolute atomic E-state index is 11.8. The van der Waals surface area contributed by atoms with E-state index >= 15 is 0 Å². The SMILES string of the molecule is Cn1ncc2cc(C(N)=O)c(Oc3ccc(OCCOC4CCOC4)cc3)cc21. The van der Waals surface area contributed by atoms with Gasteiger partial charge < -0.3 is 24.7 Å². The molecule has 2 N–H and O–H groups in total. The van der Waals surface area contributed by atoms with Gasteiger partial charge in [-0.15, -0.1) is 0 Å². The molecule has 1 aromatic heterocycles. The number of benzene rings is 2. The molecule has 2 heterocycles. The number of aryl methyl sites for hydroxylation is 1. The second-order valence-electron chi connectivity index (χ2n) is 6.82. The molecule has 2 aromatic carbocycles. The first-order valence-corrected chi connectivity index (χ1v) is 9.46. The monoisotopic (exact) mass is 397 g/mol. The molecule has 1 saturated heterocycles. The number of hydrogen-bond donors (Lipinski definition) is 1. The Labute approximate surface area is 168 Å². The summed E-state index contributed by atoms with van der Waals surface area (Å²) in [7, 11) is 1.83. The van der Waals surface area contributed by atoms with E-state index in [1.165, 1.54) is 0 Å². The third-order valence-electron chi connectivity index (χ3n) is 4.76. The van der Waals surface area contributed by atoms with Crippen LogP contribution in [0.1, 0.15) is 16.8 Å². The largest absolute Gasteiger partial charge is 0.491 e. The van der Waals surface area contributed by atoms with Crippen LogP contribution in [0.4, 0.5) is 0 Å². The van der Waals surface area contributed by atoms with Crippen molar-refractivity contribution in [2.24, 2.45) is 12.8 Å². The summed E-state index contributed by atoms with van der Waals surface area (Å²) in [6, 6.07) is 10.6. The summed E-state index contributed by atoms with van der Waals surface area (Å²) in [5.41, 5.74) is 6.67. The maximum Gasteiger partial charge on any atom is 0.252 e. The number of aromatic nitrogens is 2. The van der Waals surface area contributed by atoms with Crippen LogP contribution in [-0.4, -0.2) is 48.2 Å². The second kappa shape index (κ2) is 8.50. The highest BCUT2D eigenvalue weighted by Crippen LogP contribution is 2.30. The van der Waals surface area contributed by atoms with Crippen molar-refractivity contribution in [2.75, 3.05) is 26.4 Å². The molecule has 4 rings (SSSR count). The molecule has 1 unspecified atom stereocenters. The lowest BCUT2D eigenvalue weighted by molar-refractivity contribution is 0.0265. The fourth-order valence-corrected chi connectivity index (χ4v) is 3.21. The minimum atomic E-state index is -0.557. The third kappa shape index (κ3) is 4.49. The van der Waals surface area contributed by atoms with Gasteiger partial charge in [0, 0.05) is 25.1 Å². The number of amides is 1. The van der Waals surface area contributed by atoms with Gasteiger partial charge in [0.1, 0.15) is 23.9 Å². The Hall–Kier alpha value is -3.10. The molecule has 29 heavy (non-hydrogen) atoms. The van der Waals surface area contributed by atoms with Crippen LogP contribution in [0.25, 0.3) is 10.9 Å². The van der Waals surface area contributed by atoms with E-state index in [9.17, 15) is 4.79 Å². The number of rotatable bonds is 8. The van der Waals surface area contributed by atoms with Gasteiger partial charge in [-0.3, -0.25) is 9.48 Å². The Morgan fingerprint density at radius 1 is 1.24 bits per heavy atom. The van der Waals surface area contributed by atoms with Gasteiger partial charge in [0.05, 0.1) is 36.6 Å². The van der Waals surface area contributed by atoms with Gasteiger partial charge in [0.15, 0.2) is 0 Å². The number of hydrogen-bond acceptors (Lipinski definition) is 6. The zero-order valence-electron chi connectivity index (χ0n) is 16.2. The Morgan fingerprint density at radius 2 is 2.03 bits per heavy atom. The van der Waals surface area contributed by atoms with Crippen molar-refractivity contribution in [3.05, 3.63) is 48.2 Å². The summed E-state index contributed by atoms with van der Waals surface area (Å²) < 4.78 is 24.3. The summed E-state index contributed by atoms with van der Waals surface area (Å²) in [5.74, 6) is 1.11. The van der Waals surface area contributed by atoms with E-state index in [4.69, 9.17) is 24.7 Å². The first-order valence-electron chi connectivity index (χ1n) is 9.46. The first kappa shape index (κ1) is 19.2. The smallest absolute Gasteiger partial charge is 0.252 e. The number of carbonyl (C=O) groups is 1. The van der Waals surface area contributed by atoms with E-state index < -0.39 is 5.91 Å². The van der Waals surface area contributed by atoms with Gasteiger partial charge in [-0.05, 0) is 36.8 Å². The molecule has 0 saturated carbocycles. The topological polar surface area (TPSA) is 97.8 Å². The summed E-state index contributed by atoms with van der Waals surface area (Å²) in [6.07, 6.45) is 2.79. The molecule has 1 amide bonds. The Kier molecular flexibility index (Phi) is 5.64. The first-order chi connectivity index (χ1) is 14.1. The number of carbonyl (C=O) groups excluding carboxylic acids is 1. The van der Waals surface area contributed by atoms with Crippen molar-refractivity contribution < 1.29 is 23.7 Å². The predicted molar refractivity (Wildman–Crippen MR) is 106 cm³/mol. The van der Waals surface area contributed by atoms with Crippen LogP contribution in [0.3, 0.4) is 0 Å². The Balaban J connectivity index is 1.39. The van der Waals surface area contributed by atoms with E-state index in [2.05, 4.69) is 5.10 Å². The van der Waals surface area contributed by atoms with Crippen LogP contribution in [-0.2, 0) is 16.5 Å². The van der Waals surface area contributed by atoms with Crippen molar-refractivity contribution in [1.29, 1.82) is 0 Å². The molecule has 1 fully saturated rings. The predicted octanol–water partition coefficient (Wildman–Crippen LogP) is 2.65. The van der Waals surface area contributed by atoms with Crippen LogP contribution in [0, 0.1) is 0 Å². The lowest BCUT2D eigenvalue weighted by Crippen LogP contribution is -2.16. The lowest BCUT2D eigenvalue weighted by Gasteiger charge is -2.12. The average Bonchev–Trinajstić information content (AvgIpc) is 3.36. The number of primary amides is 1. The fourth-order valence-electron chi connectivity index (χ4n) is 3.21. The van der Waals surface area contributed by atoms with E-state index in [0.29, 0.717) is 42.6 Å². The van der Waals surface area contributed by atoms with Crippen LogP contribution in [0.2, 0.25) is 0 Å². The molecule has 0 spiro atoms. The van der Waals surface area contributed by atoms with Crippen LogP contribution in [0.5, 0.6) is 17.2 Å². The maximum atomic E-state index is 11.8. The third-order valence-corrected chi connectivity index (χ3v) is 4.76. The molecule has 1 aliphatic rings. The van der Waals surface area contributed by atoms with Crippen molar-refractivity contribution in [2.45, 2.75) is 12.5 Å². The Morgan fingerprint density at radius 3 is 2.76 bits per heavy atom. The number of ether oxygens (including phenoxy) is 4.